The molecule has 3 N–H and O–H groups in total. The van der Waals surface area contributed by atoms with Crippen molar-refractivity contribution >= 4 is 5.69 Å². The fourth-order valence-corrected chi connectivity index (χ4v) is 0.586. The van der Waals surface area contributed by atoms with Gasteiger partial charge in [-0.05, 0) is 12.1 Å². The molecule has 52 valence electrons. The van der Waals surface area contributed by atoms with Gasteiger partial charge in [-0.3, -0.25) is 5.32 Å². The van der Waals surface area contributed by atoms with E-state index in [0.29, 0.717) is 0 Å². The zero-order valence-corrected chi connectivity index (χ0v) is 5.33. The van der Waals surface area contributed by atoms with Crippen LogP contribution in [0.5, 0.6) is 0 Å². The van der Waals surface area contributed by atoms with Crippen molar-refractivity contribution in [3.63, 3.8) is 0 Å². The molecule has 0 atom stereocenters. The lowest BCUT2D eigenvalue weighted by molar-refractivity contribution is 0.824. The molecule has 1 aromatic carbocycles. The number of benzene rings is 1. The molecule has 3 nitrogen and oxygen atoms in total. The Hall–Kier alpha value is -1.53. The highest BCUT2D eigenvalue weighted by Gasteiger charge is 1.81. The van der Waals surface area contributed by atoms with Crippen LogP contribution in [0.25, 0.3) is 0 Å². The van der Waals surface area contributed by atoms with Gasteiger partial charge < -0.3 is 5.48 Å². The Labute approximate surface area is 59.2 Å². The van der Waals surface area contributed by atoms with Gasteiger partial charge in [0.1, 0.15) is 0 Å². The van der Waals surface area contributed by atoms with Gasteiger partial charge in [0.2, 0.25) is 0 Å². The number of anilines is 1. The summed E-state index contributed by atoms with van der Waals surface area (Å²) in [6, 6.07) is 9.33. The van der Waals surface area contributed by atoms with Crippen LogP contribution in [-0.2, 0) is 0 Å². The number of nitriles is 1. The first kappa shape index (κ1) is 8.47. The van der Waals surface area contributed by atoms with E-state index < -0.39 is 0 Å². The highest BCUT2D eigenvalue weighted by Crippen LogP contribution is 2.02. The molecule has 0 fully saturated rings. The second-order valence-electron chi connectivity index (χ2n) is 1.60. The minimum atomic E-state index is 0. The van der Waals surface area contributed by atoms with Crippen LogP contribution in [0.3, 0.4) is 0 Å². The van der Waals surface area contributed by atoms with E-state index in [2.05, 4.69) is 5.32 Å². The number of nitrogens with one attached hydrogen (secondary N) is 1. The van der Waals surface area contributed by atoms with Gasteiger partial charge in [-0.25, -0.2) is 0 Å². The van der Waals surface area contributed by atoms with Crippen molar-refractivity contribution < 1.29 is 5.48 Å². The summed E-state index contributed by atoms with van der Waals surface area (Å²) in [6.45, 7) is 0. The first-order chi connectivity index (χ1) is 4.43. The Bertz CT molecular complexity index is 215. The van der Waals surface area contributed by atoms with Crippen molar-refractivity contribution in [2.75, 3.05) is 5.32 Å². The van der Waals surface area contributed by atoms with Gasteiger partial charge in [-0.1, -0.05) is 18.2 Å². The molecular weight excluding hydrogens is 128 g/mol. The average molecular weight is 136 g/mol. The first-order valence-electron chi connectivity index (χ1n) is 2.63. The molecule has 0 aliphatic rings. The van der Waals surface area contributed by atoms with E-state index in [9.17, 15) is 0 Å². The summed E-state index contributed by atoms with van der Waals surface area (Å²) in [7, 11) is 0. The Kier molecular flexibility index (Phi) is 3.69. The Morgan fingerprint density at radius 3 is 2.30 bits per heavy atom. The zero-order valence-electron chi connectivity index (χ0n) is 5.33. The second kappa shape index (κ2) is 4.36. The molecule has 0 spiro atoms. The zero-order chi connectivity index (χ0) is 6.53. The van der Waals surface area contributed by atoms with E-state index >= 15 is 0 Å². The molecule has 1 rings (SSSR count). The standard InChI is InChI=1S/C7H6N2.H2O/c8-6-9-7-4-2-1-3-5-7;/h1-5,9H;1H2. The smallest absolute Gasteiger partial charge is 0.181 e. The fourth-order valence-electron chi connectivity index (χ4n) is 0.586. The lowest BCUT2D eigenvalue weighted by Crippen LogP contribution is -1.83. The number of nitrogens with zero attached hydrogens (tertiary/aromatic N) is 1. The summed E-state index contributed by atoms with van der Waals surface area (Å²) in [5, 5.41) is 10.7. The molecule has 3 heteroatoms. The van der Waals surface area contributed by atoms with Gasteiger partial charge in [0.05, 0.1) is 0 Å². The van der Waals surface area contributed by atoms with Crippen molar-refractivity contribution in [3.05, 3.63) is 30.3 Å². The minimum Gasteiger partial charge on any atom is -0.412 e. The third-order valence-corrected chi connectivity index (χ3v) is 0.974. The Balaban J connectivity index is 0.000000810. The van der Waals surface area contributed by atoms with Crippen LogP contribution in [0.15, 0.2) is 30.3 Å². The van der Waals surface area contributed by atoms with Crippen molar-refractivity contribution in [2.45, 2.75) is 0 Å². The minimum absolute atomic E-state index is 0. The highest BCUT2D eigenvalue weighted by molar-refractivity contribution is 5.45. The molecule has 0 aliphatic carbocycles. The van der Waals surface area contributed by atoms with Crippen LogP contribution >= 0.6 is 0 Å². The first-order valence-corrected chi connectivity index (χ1v) is 2.63. The number of rotatable bonds is 1. The van der Waals surface area contributed by atoms with Gasteiger partial charge >= 0.3 is 0 Å². The Morgan fingerprint density at radius 2 is 1.80 bits per heavy atom. The summed E-state index contributed by atoms with van der Waals surface area (Å²) in [5.41, 5.74) is 0.833. The molecule has 0 heterocycles. The van der Waals surface area contributed by atoms with E-state index in [1.165, 1.54) is 0 Å². The SMILES string of the molecule is N#CNc1ccccc1.O. The van der Waals surface area contributed by atoms with Crippen molar-refractivity contribution in [1.29, 1.82) is 5.26 Å². The number of hydrogen-bond acceptors (Lipinski definition) is 2. The highest BCUT2D eigenvalue weighted by atomic mass is 16.0. The molecule has 0 bridgehead atoms. The topological polar surface area (TPSA) is 67.3 Å². The molecule has 0 aliphatic heterocycles. The van der Waals surface area contributed by atoms with Crippen LogP contribution in [0.2, 0.25) is 0 Å². The third-order valence-electron chi connectivity index (χ3n) is 0.974. The lowest BCUT2D eigenvalue weighted by atomic mass is 10.3. The van der Waals surface area contributed by atoms with E-state index in [4.69, 9.17) is 5.26 Å². The van der Waals surface area contributed by atoms with Crippen molar-refractivity contribution in [1.82, 2.24) is 0 Å². The van der Waals surface area contributed by atoms with Gasteiger partial charge in [0.15, 0.2) is 6.19 Å². The summed E-state index contributed by atoms with van der Waals surface area (Å²) < 4.78 is 0. The predicted molar refractivity (Wildman–Crippen MR) is 39.3 cm³/mol. The molecule has 0 aromatic heterocycles. The third kappa shape index (κ3) is 2.16. The van der Waals surface area contributed by atoms with Gasteiger partial charge in [-0.2, -0.15) is 5.26 Å². The maximum atomic E-state index is 8.16. The normalized spacial score (nSPS) is 7.10. The van der Waals surface area contributed by atoms with E-state index in [-0.39, 0.29) is 5.48 Å². The largest absolute Gasteiger partial charge is 0.412 e. The van der Waals surface area contributed by atoms with Crippen LogP contribution in [0, 0.1) is 11.5 Å². The van der Waals surface area contributed by atoms with Gasteiger partial charge in [-0.15, -0.1) is 0 Å². The monoisotopic (exact) mass is 136 g/mol. The van der Waals surface area contributed by atoms with Crippen LogP contribution in [0.4, 0.5) is 5.69 Å². The lowest BCUT2D eigenvalue weighted by Gasteiger charge is -1.91. The van der Waals surface area contributed by atoms with Gasteiger partial charge in [0, 0.05) is 5.69 Å². The molecule has 1 aromatic rings. The maximum Gasteiger partial charge on any atom is 0.181 e. The van der Waals surface area contributed by atoms with Crippen molar-refractivity contribution in [3.8, 4) is 6.19 Å². The maximum absolute atomic E-state index is 8.16. The van der Waals surface area contributed by atoms with Crippen molar-refractivity contribution in [2.24, 2.45) is 0 Å². The molecule has 0 amide bonds. The Morgan fingerprint density at radius 1 is 1.20 bits per heavy atom. The fraction of sp³-hybridized carbons (Fsp3) is 0. The van der Waals surface area contributed by atoms with E-state index in [0.717, 1.165) is 5.69 Å². The molecule has 10 heavy (non-hydrogen) atoms. The summed E-state index contributed by atoms with van der Waals surface area (Å²) in [5.74, 6) is 0. The average Bonchev–Trinajstić information content (AvgIpc) is 1.91. The predicted octanol–water partition coefficient (Wildman–Crippen LogP) is 0.755. The van der Waals surface area contributed by atoms with E-state index in [1.807, 2.05) is 36.5 Å². The van der Waals surface area contributed by atoms with E-state index in [1.54, 1.807) is 0 Å². The molecule has 0 saturated carbocycles. The van der Waals surface area contributed by atoms with Crippen LogP contribution < -0.4 is 5.32 Å². The number of para-hydroxylation sites is 1. The van der Waals surface area contributed by atoms with Crippen LogP contribution in [0.1, 0.15) is 0 Å². The summed E-state index contributed by atoms with van der Waals surface area (Å²) in [4.78, 5) is 0. The number of hydrogen-bond donors (Lipinski definition) is 1. The second-order valence-corrected chi connectivity index (χ2v) is 1.60. The molecular formula is C7H8N2O. The summed E-state index contributed by atoms with van der Waals surface area (Å²) >= 11 is 0. The van der Waals surface area contributed by atoms with Crippen LogP contribution in [-0.4, -0.2) is 5.48 Å². The molecule has 0 unspecified atom stereocenters. The summed E-state index contributed by atoms with van der Waals surface area (Å²) in [6.07, 6.45) is 1.83. The molecule has 0 radical (unpaired) electrons. The molecule has 0 saturated heterocycles. The quantitative estimate of drug-likeness (QED) is 0.457. The van der Waals surface area contributed by atoms with Gasteiger partial charge in [0.25, 0.3) is 0 Å².